The Kier molecular flexibility index (Phi) is 6.86. The van der Waals surface area contributed by atoms with Crippen LogP contribution in [0, 0.1) is 0 Å². The SMILES string of the molecule is C=CC=N/C(=C\C)SSC. The maximum Gasteiger partial charge on any atom is 0.102 e. The van der Waals surface area contributed by atoms with Gasteiger partial charge in [0.25, 0.3) is 0 Å². The van der Waals surface area contributed by atoms with E-state index in [-0.39, 0.29) is 0 Å². The quantitative estimate of drug-likeness (QED) is 0.478. The Bertz CT molecular complexity index is 150. The van der Waals surface area contributed by atoms with Crippen LogP contribution in [-0.2, 0) is 0 Å². The van der Waals surface area contributed by atoms with Crippen molar-refractivity contribution in [3.8, 4) is 0 Å². The smallest absolute Gasteiger partial charge is 0.102 e. The minimum atomic E-state index is 1.02. The van der Waals surface area contributed by atoms with Crippen molar-refractivity contribution in [2.24, 2.45) is 4.99 Å². The molecule has 0 amide bonds. The molecule has 0 aliphatic rings. The van der Waals surface area contributed by atoms with Crippen molar-refractivity contribution in [1.82, 2.24) is 0 Å². The standard InChI is InChI=1S/C7H11NS2/c1-4-6-8-7(5-2)10-9-3/h4-6H,1H2,2-3H3/b7-5+,8-6?. The molecule has 0 aliphatic carbocycles. The Hall–Kier alpha value is -0.150. The van der Waals surface area contributed by atoms with Crippen LogP contribution >= 0.6 is 21.6 Å². The summed E-state index contributed by atoms with van der Waals surface area (Å²) in [4.78, 5) is 4.11. The van der Waals surface area contributed by atoms with Gasteiger partial charge >= 0.3 is 0 Å². The van der Waals surface area contributed by atoms with E-state index in [1.54, 1.807) is 33.9 Å². The van der Waals surface area contributed by atoms with Crippen LogP contribution in [0.25, 0.3) is 0 Å². The molecule has 0 bridgehead atoms. The first-order valence-electron chi connectivity index (χ1n) is 2.87. The van der Waals surface area contributed by atoms with Crippen LogP contribution in [-0.4, -0.2) is 12.5 Å². The molecule has 0 fully saturated rings. The van der Waals surface area contributed by atoms with Crippen LogP contribution in [0.1, 0.15) is 6.92 Å². The highest BCUT2D eigenvalue weighted by molar-refractivity contribution is 8.77. The van der Waals surface area contributed by atoms with E-state index in [9.17, 15) is 0 Å². The van der Waals surface area contributed by atoms with Gasteiger partial charge in [-0.15, -0.1) is 0 Å². The van der Waals surface area contributed by atoms with Crippen LogP contribution in [0.15, 0.2) is 28.8 Å². The van der Waals surface area contributed by atoms with Gasteiger partial charge in [0.05, 0.1) is 0 Å². The van der Waals surface area contributed by atoms with Crippen molar-refractivity contribution < 1.29 is 0 Å². The lowest BCUT2D eigenvalue weighted by atomic mass is 10.7. The molecule has 0 unspecified atom stereocenters. The monoisotopic (exact) mass is 173 g/mol. The fraction of sp³-hybridized carbons (Fsp3) is 0.286. The highest BCUT2D eigenvalue weighted by atomic mass is 33.1. The van der Waals surface area contributed by atoms with Gasteiger partial charge < -0.3 is 0 Å². The fourth-order valence-corrected chi connectivity index (χ4v) is 1.66. The van der Waals surface area contributed by atoms with Crippen LogP contribution in [0.4, 0.5) is 0 Å². The van der Waals surface area contributed by atoms with Crippen molar-refractivity contribution in [2.75, 3.05) is 6.26 Å². The average Bonchev–Trinajstić information content (AvgIpc) is 1.98. The van der Waals surface area contributed by atoms with E-state index in [1.165, 1.54) is 0 Å². The third-order valence-corrected chi connectivity index (χ3v) is 2.41. The lowest BCUT2D eigenvalue weighted by molar-refractivity contribution is 1.51. The third-order valence-electron chi connectivity index (χ3n) is 0.723. The number of hydrogen-bond donors (Lipinski definition) is 0. The van der Waals surface area contributed by atoms with E-state index in [1.807, 2.05) is 19.3 Å². The summed E-state index contributed by atoms with van der Waals surface area (Å²) in [6.07, 6.45) is 7.36. The van der Waals surface area contributed by atoms with E-state index in [4.69, 9.17) is 0 Å². The molecule has 0 atom stereocenters. The second-order valence-corrected chi connectivity index (χ2v) is 3.81. The molecular formula is C7H11NS2. The van der Waals surface area contributed by atoms with Gasteiger partial charge in [0, 0.05) is 6.21 Å². The Morgan fingerprint density at radius 3 is 2.70 bits per heavy atom. The molecule has 10 heavy (non-hydrogen) atoms. The average molecular weight is 173 g/mol. The molecule has 0 saturated carbocycles. The summed E-state index contributed by atoms with van der Waals surface area (Å²) in [6.45, 7) is 5.51. The van der Waals surface area contributed by atoms with E-state index in [0.717, 1.165) is 5.03 Å². The summed E-state index contributed by atoms with van der Waals surface area (Å²) in [5.41, 5.74) is 0. The van der Waals surface area contributed by atoms with E-state index >= 15 is 0 Å². The summed E-state index contributed by atoms with van der Waals surface area (Å²) in [7, 11) is 3.33. The zero-order valence-corrected chi connectivity index (χ0v) is 7.84. The van der Waals surface area contributed by atoms with Gasteiger partial charge in [-0.05, 0) is 24.0 Å². The molecule has 0 N–H and O–H groups in total. The third kappa shape index (κ3) is 4.70. The largest absolute Gasteiger partial charge is 0.249 e. The Morgan fingerprint density at radius 2 is 2.30 bits per heavy atom. The highest BCUT2D eigenvalue weighted by Crippen LogP contribution is 2.27. The summed E-state index contributed by atoms with van der Waals surface area (Å²) < 4.78 is 0. The molecule has 0 aliphatic heterocycles. The number of hydrogen-bond acceptors (Lipinski definition) is 3. The van der Waals surface area contributed by atoms with Crippen molar-refractivity contribution in [3.63, 3.8) is 0 Å². The first kappa shape index (κ1) is 9.85. The first-order valence-corrected chi connectivity index (χ1v) is 5.43. The Morgan fingerprint density at radius 1 is 1.60 bits per heavy atom. The molecule has 56 valence electrons. The van der Waals surface area contributed by atoms with Crippen molar-refractivity contribution in [3.05, 3.63) is 23.8 Å². The lowest BCUT2D eigenvalue weighted by Gasteiger charge is -1.93. The molecule has 0 spiro atoms. The molecule has 0 aromatic rings. The summed E-state index contributed by atoms with van der Waals surface area (Å²) in [5.74, 6) is 0. The summed E-state index contributed by atoms with van der Waals surface area (Å²) in [6, 6.07) is 0. The molecule has 1 nitrogen and oxygen atoms in total. The predicted octanol–water partition coefficient (Wildman–Crippen LogP) is 3.12. The number of allylic oxidation sites excluding steroid dienone is 2. The van der Waals surface area contributed by atoms with Crippen LogP contribution < -0.4 is 0 Å². The maximum atomic E-state index is 4.11. The highest BCUT2D eigenvalue weighted by Gasteiger charge is 1.87. The fourth-order valence-electron chi connectivity index (χ4n) is 0.356. The minimum absolute atomic E-state index is 1.02. The molecular weight excluding hydrogens is 162 g/mol. The zero-order chi connectivity index (χ0) is 7.82. The molecule has 0 saturated heterocycles. The van der Waals surface area contributed by atoms with Gasteiger partial charge in [-0.3, -0.25) is 0 Å². The first-order chi connectivity index (χ1) is 4.85. The second kappa shape index (κ2) is 6.96. The van der Waals surface area contributed by atoms with Crippen LogP contribution in [0.2, 0.25) is 0 Å². The van der Waals surface area contributed by atoms with Gasteiger partial charge in [-0.2, -0.15) is 0 Å². The van der Waals surface area contributed by atoms with Gasteiger partial charge in [-0.25, -0.2) is 4.99 Å². The Labute approximate surface area is 70.1 Å². The van der Waals surface area contributed by atoms with E-state index in [2.05, 4.69) is 11.6 Å². The van der Waals surface area contributed by atoms with Crippen molar-refractivity contribution in [2.45, 2.75) is 6.92 Å². The second-order valence-electron chi connectivity index (χ2n) is 1.39. The molecule has 0 radical (unpaired) electrons. The number of rotatable bonds is 4. The van der Waals surface area contributed by atoms with E-state index < -0.39 is 0 Å². The molecule has 0 aromatic carbocycles. The van der Waals surface area contributed by atoms with Gasteiger partial charge in [-0.1, -0.05) is 29.5 Å². The van der Waals surface area contributed by atoms with Gasteiger partial charge in [0.2, 0.25) is 0 Å². The normalized spacial score (nSPS) is 12.4. The summed E-state index contributed by atoms with van der Waals surface area (Å²) >= 11 is 0. The topological polar surface area (TPSA) is 12.4 Å². The van der Waals surface area contributed by atoms with Crippen LogP contribution in [0.5, 0.6) is 0 Å². The summed E-state index contributed by atoms with van der Waals surface area (Å²) in [5, 5.41) is 1.02. The number of aliphatic imine (C=N–C) groups is 1. The van der Waals surface area contributed by atoms with Gasteiger partial charge in [0.1, 0.15) is 5.03 Å². The zero-order valence-electron chi connectivity index (χ0n) is 6.20. The van der Waals surface area contributed by atoms with Crippen LogP contribution in [0.3, 0.4) is 0 Å². The van der Waals surface area contributed by atoms with E-state index in [0.29, 0.717) is 0 Å². The molecule has 0 rings (SSSR count). The molecule has 0 aromatic heterocycles. The molecule has 3 heteroatoms. The lowest BCUT2D eigenvalue weighted by Crippen LogP contribution is -1.67. The predicted molar refractivity (Wildman–Crippen MR) is 53.6 cm³/mol. The molecule has 0 heterocycles. The van der Waals surface area contributed by atoms with Gasteiger partial charge in [0.15, 0.2) is 0 Å². The van der Waals surface area contributed by atoms with Crippen molar-refractivity contribution >= 4 is 27.8 Å². The number of nitrogens with zero attached hydrogens (tertiary/aromatic N) is 1. The maximum absolute atomic E-state index is 4.11. The Balaban J connectivity index is 3.84. The minimum Gasteiger partial charge on any atom is -0.249 e. The van der Waals surface area contributed by atoms with Crippen molar-refractivity contribution in [1.29, 1.82) is 0 Å².